The van der Waals surface area contributed by atoms with Crippen molar-refractivity contribution in [3.63, 3.8) is 0 Å². The molecule has 8 heteroatoms. The molecule has 2 aromatic carbocycles. The van der Waals surface area contributed by atoms with Gasteiger partial charge in [-0.3, -0.25) is 4.79 Å². The molecule has 3 rings (SSSR count). The average Bonchev–Trinajstić information content (AvgIpc) is 2.66. The van der Waals surface area contributed by atoms with Crippen LogP contribution in [0.15, 0.2) is 70.1 Å². The summed E-state index contributed by atoms with van der Waals surface area (Å²) in [6.07, 6.45) is -2.99. The van der Waals surface area contributed by atoms with Gasteiger partial charge in [-0.1, -0.05) is 24.3 Å². The molecule has 0 saturated heterocycles. The molecule has 0 aliphatic carbocycles. The molecule has 146 valence electrons. The van der Waals surface area contributed by atoms with E-state index >= 15 is 0 Å². The Labute approximate surface area is 166 Å². The highest BCUT2D eigenvalue weighted by Crippen LogP contribution is 2.29. The van der Waals surface area contributed by atoms with Gasteiger partial charge in [-0.05, 0) is 57.4 Å². The molecule has 0 bridgehead atoms. The summed E-state index contributed by atoms with van der Waals surface area (Å²) < 4.78 is 58.5. The summed E-state index contributed by atoms with van der Waals surface area (Å²) in [5.74, 6) is -0.0725. The molecule has 0 spiro atoms. The van der Waals surface area contributed by atoms with Crippen LogP contribution in [0.1, 0.15) is 16.7 Å². The molecule has 0 fully saturated rings. The second-order valence-corrected chi connectivity index (χ2v) is 6.83. The summed E-state index contributed by atoms with van der Waals surface area (Å²) in [6, 6.07) is 12.1. The minimum Gasteiger partial charge on any atom is -0.487 e. The Morgan fingerprint density at radius 1 is 1.00 bits per heavy atom. The Morgan fingerprint density at radius 3 is 2.39 bits per heavy atom. The number of hydrogen-bond acceptors (Lipinski definition) is 2. The van der Waals surface area contributed by atoms with Crippen LogP contribution in [0.3, 0.4) is 0 Å². The van der Waals surface area contributed by atoms with Crippen LogP contribution in [0.25, 0.3) is 0 Å². The SMILES string of the molecule is O=c1c(Br)c(OCc2ccc(F)cc2)ccn1Cc1cccc(C(F)(F)F)c1. The van der Waals surface area contributed by atoms with Gasteiger partial charge in [0.15, 0.2) is 0 Å². The zero-order valence-electron chi connectivity index (χ0n) is 14.3. The number of aromatic nitrogens is 1. The molecular formula is C20H14BrF4NO2. The summed E-state index contributed by atoms with van der Waals surface area (Å²) in [5.41, 5.74) is -0.129. The Balaban J connectivity index is 1.77. The molecule has 1 aromatic heterocycles. The summed E-state index contributed by atoms with van der Waals surface area (Å²) in [5, 5.41) is 0. The molecule has 0 amide bonds. The third kappa shape index (κ3) is 4.81. The highest BCUT2D eigenvalue weighted by Gasteiger charge is 2.30. The van der Waals surface area contributed by atoms with E-state index in [-0.39, 0.29) is 29.2 Å². The monoisotopic (exact) mass is 455 g/mol. The largest absolute Gasteiger partial charge is 0.487 e. The van der Waals surface area contributed by atoms with Crippen molar-refractivity contribution in [1.29, 1.82) is 0 Å². The van der Waals surface area contributed by atoms with Crippen LogP contribution in [0.4, 0.5) is 17.6 Å². The van der Waals surface area contributed by atoms with E-state index in [1.807, 2.05) is 0 Å². The number of rotatable bonds is 5. The standard InChI is InChI=1S/C20H14BrF4NO2/c21-18-17(28-12-13-4-6-16(22)7-5-13)8-9-26(19(18)27)11-14-2-1-3-15(10-14)20(23,24)25/h1-10H,11-12H2. The molecule has 3 aromatic rings. The fraction of sp³-hybridized carbons (Fsp3) is 0.150. The molecule has 28 heavy (non-hydrogen) atoms. The van der Waals surface area contributed by atoms with Gasteiger partial charge in [0.25, 0.3) is 5.56 Å². The summed E-state index contributed by atoms with van der Waals surface area (Å²) >= 11 is 3.18. The first kappa shape index (κ1) is 20.1. The van der Waals surface area contributed by atoms with Gasteiger partial charge in [-0.25, -0.2) is 4.39 Å². The van der Waals surface area contributed by atoms with E-state index in [1.165, 1.54) is 35.0 Å². The minimum atomic E-state index is -4.44. The summed E-state index contributed by atoms with van der Waals surface area (Å²) in [6.45, 7) is 0.121. The molecule has 3 nitrogen and oxygen atoms in total. The fourth-order valence-corrected chi connectivity index (χ4v) is 3.02. The smallest absolute Gasteiger partial charge is 0.416 e. The van der Waals surface area contributed by atoms with Gasteiger partial charge in [-0.15, -0.1) is 0 Å². The lowest BCUT2D eigenvalue weighted by Crippen LogP contribution is -2.21. The molecule has 0 aliphatic heterocycles. The van der Waals surface area contributed by atoms with Crippen molar-refractivity contribution >= 4 is 15.9 Å². The lowest BCUT2D eigenvalue weighted by Gasteiger charge is -2.12. The number of alkyl halides is 3. The molecular weight excluding hydrogens is 442 g/mol. The van der Waals surface area contributed by atoms with Crippen LogP contribution >= 0.6 is 15.9 Å². The van der Waals surface area contributed by atoms with Gasteiger partial charge < -0.3 is 9.30 Å². The lowest BCUT2D eigenvalue weighted by atomic mass is 10.1. The van der Waals surface area contributed by atoms with Crippen LogP contribution in [0, 0.1) is 5.82 Å². The van der Waals surface area contributed by atoms with Crippen molar-refractivity contribution in [2.75, 3.05) is 0 Å². The van der Waals surface area contributed by atoms with Crippen molar-refractivity contribution in [3.8, 4) is 5.75 Å². The van der Waals surface area contributed by atoms with Crippen LogP contribution in [0.5, 0.6) is 5.75 Å². The number of nitrogens with zero attached hydrogens (tertiary/aromatic N) is 1. The lowest BCUT2D eigenvalue weighted by molar-refractivity contribution is -0.137. The molecule has 0 radical (unpaired) electrons. The quantitative estimate of drug-likeness (QED) is 0.482. The van der Waals surface area contributed by atoms with E-state index in [9.17, 15) is 22.4 Å². The molecule has 0 atom stereocenters. The average molecular weight is 456 g/mol. The minimum absolute atomic E-state index is 0.0143. The second kappa shape index (κ2) is 8.18. The molecule has 0 unspecified atom stereocenters. The van der Waals surface area contributed by atoms with E-state index < -0.39 is 17.3 Å². The highest BCUT2D eigenvalue weighted by molar-refractivity contribution is 9.10. The first-order valence-electron chi connectivity index (χ1n) is 8.16. The van der Waals surface area contributed by atoms with Crippen molar-refractivity contribution in [1.82, 2.24) is 4.57 Å². The van der Waals surface area contributed by atoms with E-state index in [0.29, 0.717) is 5.56 Å². The zero-order chi connectivity index (χ0) is 20.3. The van der Waals surface area contributed by atoms with Crippen LogP contribution in [-0.2, 0) is 19.3 Å². The van der Waals surface area contributed by atoms with Gasteiger partial charge in [-0.2, -0.15) is 13.2 Å². The van der Waals surface area contributed by atoms with Gasteiger partial charge in [0.1, 0.15) is 22.6 Å². The van der Waals surface area contributed by atoms with Crippen LogP contribution in [0.2, 0.25) is 0 Å². The van der Waals surface area contributed by atoms with E-state index in [2.05, 4.69) is 15.9 Å². The van der Waals surface area contributed by atoms with Gasteiger partial charge >= 0.3 is 6.18 Å². The molecule has 1 heterocycles. The maximum Gasteiger partial charge on any atom is 0.416 e. The Morgan fingerprint density at radius 2 is 1.71 bits per heavy atom. The highest BCUT2D eigenvalue weighted by atomic mass is 79.9. The maximum atomic E-state index is 12.9. The van der Waals surface area contributed by atoms with Crippen LogP contribution in [-0.4, -0.2) is 4.57 Å². The summed E-state index contributed by atoms with van der Waals surface area (Å²) in [4.78, 5) is 12.5. The predicted octanol–water partition coefficient (Wildman–Crippen LogP) is 5.40. The van der Waals surface area contributed by atoms with E-state index in [1.54, 1.807) is 18.2 Å². The van der Waals surface area contributed by atoms with E-state index in [4.69, 9.17) is 4.74 Å². The van der Waals surface area contributed by atoms with Crippen molar-refractivity contribution in [3.05, 3.63) is 98.1 Å². The number of halogens is 5. The maximum absolute atomic E-state index is 12.9. The van der Waals surface area contributed by atoms with Crippen molar-refractivity contribution < 1.29 is 22.3 Å². The fourth-order valence-electron chi connectivity index (χ4n) is 2.55. The Bertz CT molecular complexity index is 1030. The van der Waals surface area contributed by atoms with Crippen molar-refractivity contribution in [2.24, 2.45) is 0 Å². The first-order chi connectivity index (χ1) is 13.2. The topological polar surface area (TPSA) is 31.2 Å². The Kier molecular flexibility index (Phi) is 5.88. The third-order valence-corrected chi connectivity index (χ3v) is 4.72. The van der Waals surface area contributed by atoms with Gasteiger partial charge in [0, 0.05) is 6.20 Å². The zero-order valence-corrected chi connectivity index (χ0v) is 15.9. The van der Waals surface area contributed by atoms with Crippen LogP contribution < -0.4 is 10.3 Å². The third-order valence-electron chi connectivity index (χ3n) is 3.99. The number of ether oxygens (including phenoxy) is 1. The molecule has 0 N–H and O–H groups in total. The van der Waals surface area contributed by atoms with Crippen molar-refractivity contribution in [2.45, 2.75) is 19.3 Å². The first-order valence-corrected chi connectivity index (χ1v) is 8.95. The predicted molar refractivity (Wildman–Crippen MR) is 99.7 cm³/mol. The van der Waals surface area contributed by atoms with E-state index in [0.717, 1.165) is 17.7 Å². The summed E-state index contributed by atoms with van der Waals surface area (Å²) in [7, 11) is 0. The van der Waals surface area contributed by atoms with Gasteiger partial charge in [0.2, 0.25) is 0 Å². The molecule has 0 saturated carbocycles. The normalized spacial score (nSPS) is 11.5. The second-order valence-electron chi connectivity index (χ2n) is 6.04. The molecule has 0 aliphatic rings. The Hall–Kier alpha value is -2.61. The number of hydrogen-bond donors (Lipinski definition) is 0. The number of benzene rings is 2. The van der Waals surface area contributed by atoms with Gasteiger partial charge in [0.05, 0.1) is 12.1 Å². The number of pyridine rings is 1.